The SMILES string of the molecule is CCOC(=O)c1c(NN=C(C)C)csc1C. The molecule has 0 fully saturated rings. The Bertz CT molecular complexity index is 406. The number of nitrogens with one attached hydrogen (secondary N) is 1. The number of aryl methyl sites for hydroxylation is 1. The first-order valence-electron chi connectivity index (χ1n) is 5.08. The first-order chi connectivity index (χ1) is 7.56. The number of rotatable bonds is 4. The van der Waals surface area contributed by atoms with Gasteiger partial charge < -0.3 is 4.74 Å². The number of hydrogen-bond donors (Lipinski definition) is 1. The van der Waals surface area contributed by atoms with E-state index in [1.807, 2.05) is 26.2 Å². The predicted octanol–water partition coefficient (Wildman–Crippen LogP) is 3.04. The summed E-state index contributed by atoms with van der Waals surface area (Å²) in [6.07, 6.45) is 0. The molecule has 4 nitrogen and oxygen atoms in total. The molecule has 1 aromatic heterocycles. The van der Waals surface area contributed by atoms with Crippen LogP contribution >= 0.6 is 11.3 Å². The summed E-state index contributed by atoms with van der Waals surface area (Å²) in [7, 11) is 0. The average Bonchev–Trinajstić information content (AvgIpc) is 2.57. The van der Waals surface area contributed by atoms with Gasteiger partial charge in [0.25, 0.3) is 0 Å². The highest BCUT2D eigenvalue weighted by Gasteiger charge is 2.17. The number of hydrazone groups is 1. The monoisotopic (exact) mass is 240 g/mol. The van der Waals surface area contributed by atoms with Crippen LogP contribution in [0.5, 0.6) is 0 Å². The molecule has 0 atom stereocenters. The Morgan fingerprint density at radius 3 is 2.81 bits per heavy atom. The molecule has 0 saturated carbocycles. The van der Waals surface area contributed by atoms with E-state index in [-0.39, 0.29) is 5.97 Å². The minimum atomic E-state index is -0.298. The van der Waals surface area contributed by atoms with Gasteiger partial charge in [0, 0.05) is 16.0 Å². The highest BCUT2D eigenvalue weighted by atomic mass is 32.1. The van der Waals surface area contributed by atoms with Crippen LogP contribution in [-0.4, -0.2) is 18.3 Å². The molecule has 0 spiro atoms. The molecule has 1 N–H and O–H groups in total. The molecule has 1 heterocycles. The number of carbonyl (C=O) groups excluding carboxylic acids is 1. The van der Waals surface area contributed by atoms with Gasteiger partial charge in [-0.1, -0.05) is 0 Å². The van der Waals surface area contributed by atoms with Crippen LogP contribution in [0.4, 0.5) is 5.69 Å². The topological polar surface area (TPSA) is 50.7 Å². The normalized spacial score (nSPS) is 9.75. The van der Waals surface area contributed by atoms with E-state index >= 15 is 0 Å². The van der Waals surface area contributed by atoms with E-state index in [0.29, 0.717) is 17.9 Å². The van der Waals surface area contributed by atoms with Gasteiger partial charge in [0.2, 0.25) is 0 Å². The lowest BCUT2D eigenvalue weighted by Crippen LogP contribution is -2.07. The Hall–Kier alpha value is -1.36. The van der Waals surface area contributed by atoms with E-state index in [1.54, 1.807) is 6.92 Å². The minimum absolute atomic E-state index is 0.298. The predicted molar refractivity (Wildman–Crippen MR) is 67.4 cm³/mol. The molecule has 0 aliphatic rings. The lowest BCUT2D eigenvalue weighted by atomic mass is 10.2. The maximum atomic E-state index is 11.7. The molecule has 0 amide bonds. The van der Waals surface area contributed by atoms with Gasteiger partial charge in [-0.3, -0.25) is 5.43 Å². The average molecular weight is 240 g/mol. The van der Waals surface area contributed by atoms with Crippen LogP contribution in [0.1, 0.15) is 36.0 Å². The molecule has 1 aromatic rings. The van der Waals surface area contributed by atoms with Gasteiger partial charge in [0.05, 0.1) is 17.9 Å². The van der Waals surface area contributed by atoms with Crippen LogP contribution in [0.3, 0.4) is 0 Å². The molecule has 1 rings (SSSR count). The number of nitrogens with zero attached hydrogens (tertiary/aromatic N) is 1. The Balaban J connectivity index is 2.94. The van der Waals surface area contributed by atoms with E-state index in [0.717, 1.165) is 10.6 Å². The first kappa shape index (κ1) is 12.7. The van der Waals surface area contributed by atoms with E-state index in [2.05, 4.69) is 10.5 Å². The Morgan fingerprint density at radius 2 is 2.25 bits per heavy atom. The third kappa shape index (κ3) is 3.06. The van der Waals surface area contributed by atoms with Crippen molar-refractivity contribution < 1.29 is 9.53 Å². The van der Waals surface area contributed by atoms with Gasteiger partial charge >= 0.3 is 5.97 Å². The second kappa shape index (κ2) is 5.65. The van der Waals surface area contributed by atoms with Crippen LogP contribution in [0.25, 0.3) is 0 Å². The number of hydrogen-bond acceptors (Lipinski definition) is 5. The zero-order valence-corrected chi connectivity index (χ0v) is 10.8. The van der Waals surface area contributed by atoms with Crippen LogP contribution < -0.4 is 5.43 Å². The smallest absolute Gasteiger partial charge is 0.341 e. The van der Waals surface area contributed by atoms with Gasteiger partial charge in [-0.15, -0.1) is 11.3 Å². The fourth-order valence-corrected chi connectivity index (χ4v) is 1.94. The quantitative estimate of drug-likeness (QED) is 0.500. The second-order valence-electron chi connectivity index (χ2n) is 3.47. The van der Waals surface area contributed by atoms with E-state index in [4.69, 9.17) is 4.74 Å². The molecule has 16 heavy (non-hydrogen) atoms. The number of ether oxygens (including phenoxy) is 1. The Kier molecular flexibility index (Phi) is 4.49. The van der Waals surface area contributed by atoms with Crippen LogP contribution in [0.2, 0.25) is 0 Å². The maximum Gasteiger partial charge on any atom is 0.341 e. The summed E-state index contributed by atoms with van der Waals surface area (Å²) >= 11 is 1.50. The van der Waals surface area contributed by atoms with Crippen molar-refractivity contribution >= 4 is 28.7 Å². The van der Waals surface area contributed by atoms with Crippen molar-refractivity contribution in [3.05, 3.63) is 15.8 Å². The Morgan fingerprint density at radius 1 is 1.56 bits per heavy atom. The number of esters is 1. The van der Waals surface area contributed by atoms with Gasteiger partial charge in [0.15, 0.2) is 0 Å². The van der Waals surface area contributed by atoms with E-state index < -0.39 is 0 Å². The lowest BCUT2D eigenvalue weighted by Gasteiger charge is -2.04. The summed E-state index contributed by atoms with van der Waals surface area (Å²) in [5.41, 5.74) is 5.06. The molecule has 0 aromatic carbocycles. The van der Waals surface area contributed by atoms with Crippen molar-refractivity contribution in [2.24, 2.45) is 5.10 Å². The molecule has 0 radical (unpaired) electrons. The summed E-state index contributed by atoms with van der Waals surface area (Å²) in [6.45, 7) is 7.84. The number of thiophene rings is 1. The highest BCUT2D eigenvalue weighted by Crippen LogP contribution is 2.27. The molecule has 0 aliphatic heterocycles. The fourth-order valence-electron chi connectivity index (χ4n) is 1.17. The number of carbonyl (C=O) groups is 1. The molecule has 0 saturated heterocycles. The summed E-state index contributed by atoms with van der Waals surface area (Å²) in [4.78, 5) is 12.6. The summed E-state index contributed by atoms with van der Waals surface area (Å²) in [5, 5.41) is 5.95. The van der Waals surface area contributed by atoms with Crippen LogP contribution in [-0.2, 0) is 4.74 Å². The third-order valence-electron chi connectivity index (χ3n) is 1.85. The standard InChI is InChI=1S/C11H16N2O2S/c1-5-15-11(14)10-8(4)16-6-9(10)13-12-7(2)3/h6,13H,5H2,1-4H3. The fraction of sp³-hybridized carbons (Fsp3) is 0.455. The molecule has 88 valence electrons. The zero-order chi connectivity index (χ0) is 12.1. The van der Waals surface area contributed by atoms with Gasteiger partial charge in [-0.2, -0.15) is 5.10 Å². The van der Waals surface area contributed by atoms with Gasteiger partial charge in [0.1, 0.15) is 0 Å². The summed E-state index contributed by atoms with van der Waals surface area (Å²) in [6, 6.07) is 0. The molecule has 0 unspecified atom stereocenters. The maximum absolute atomic E-state index is 11.7. The molecular formula is C11H16N2O2S. The van der Waals surface area contributed by atoms with Crippen molar-refractivity contribution in [3.8, 4) is 0 Å². The van der Waals surface area contributed by atoms with E-state index in [9.17, 15) is 4.79 Å². The molecule has 0 bridgehead atoms. The van der Waals surface area contributed by atoms with Crippen molar-refractivity contribution in [3.63, 3.8) is 0 Å². The largest absolute Gasteiger partial charge is 0.462 e. The Labute approximate surface area is 99.3 Å². The second-order valence-corrected chi connectivity index (χ2v) is 4.56. The van der Waals surface area contributed by atoms with Crippen molar-refractivity contribution in [2.75, 3.05) is 12.0 Å². The molecule has 0 aliphatic carbocycles. The highest BCUT2D eigenvalue weighted by molar-refractivity contribution is 7.10. The van der Waals surface area contributed by atoms with Gasteiger partial charge in [-0.05, 0) is 27.7 Å². The van der Waals surface area contributed by atoms with Crippen molar-refractivity contribution in [1.82, 2.24) is 0 Å². The summed E-state index contributed by atoms with van der Waals surface area (Å²) in [5.74, 6) is -0.298. The van der Waals surface area contributed by atoms with Crippen LogP contribution in [0, 0.1) is 6.92 Å². The number of anilines is 1. The van der Waals surface area contributed by atoms with Crippen molar-refractivity contribution in [2.45, 2.75) is 27.7 Å². The zero-order valence-electron chi connectivity index (χ0n) is 9.96. The van der Waals surface area contributed by atoms with Crippen molar-refractivity contribution in [1.29, 1.82) is 0 Å². The van der Waals surface area contributed by atoms with Gasteiger partial charge in [-0.25, -0.2) is 4.79 Å². The molecule has 5 heteroatoms. The van der Waals surface area contributed by atoms with E-state index in [1.165, 1.54) is 11.3 Å². The lowest BCUT2D eigenvalue weighted by molar-refractivity contribution is 0.0527. The third-order valence-corrected chi connectivity index (χ3v) is 2.77. The molecular weight excluding hydrogens is 224 g/mol. The first-order valence-corrected chi connectivity index (χ1v) is 5.96. The summed E-state index contributed by atoms with van der Waals surface area (Å²) < 4.78 is 4.99. The minimum Gasteiger partial charge on any atom is -0.462 e. The van der Waals surface area contributed by atoms with Crippen LogP contribution in [0.15, 0.2) is 10.5 Å².